The van der Waals surface area contributed by atoms with Crippen molar-refractivity contribution in [3.05, 3.63) is 23.1 Å². The first-order valence-electron chi connectivity index (χ1n) is 4.65. The third-order valence-corrected chi connectivity index (χ3v) is 2.27. The quantitative estimate of drug-likeness (QED) is 0.610. The highest BCUT2D eigenvalue weighted by atomic mass is 16.5. The molecule has 2 aliphatic rings. The Hall–Kier alpha value is -1.78. The summed E-state index contributed by atoms with van der Waals surface area (Å²) in [5, 5.41) is 3.05. The molecule has 0 amide bonds. The number of methoxy groups -OCH3 is 1. The number of hydrogen-bond donors (Lipinski definition) is 1. The van der Waals surface area contributed by atoms with E-state index in [4.69, 9.17) is 4.74 Å². The first-order chi connectivity index (χ1) is 7.22. The zero-order valence-corrected chi connectivity index (χ0v) is 8.33. The maximum Gasteiger partial charge on any atom is 0.341 e. The summed E-state index contributed by atoms with van der Waals surface area (Å²) < 4.78 is 9.95. The molecule has 2 rings (SSSR count). The maximum absolute atomic E-state index is 11.4. The lowest BCUT2D eigenvalue weighted by atomic mass is 10.00. The molecule has 0 unspecified atom stereocenters. The predicted molar refractivity (Wildman–Crippen MR) is 50.7 cm³/mol. The number of ketones is 1. The molecule has 1 aliphatic heterocycles. The summed E-state index contributed by atoms with van der Waals surface area (Å²) in [6.07, 6.45) is 1.54. The molecule has 0 saturated heterocycles. The molecule has 80 valence electrons. The molecule has 0 aromatic rings. The van der Waals surface area contributed by atoms with E-state index in [1.807, 2.05) is 0 Å². The molecule has 0 saturated carbocycles. The van der Waals surface area contributed by atoms with E-state index < -0.39 is 5.97 Å². The van der Waals surface area contributed by atoms with Crippen LogP contribution >= 0.6 is 0 Å². The van der Waals surface area contributed by atoms with Crippen molar-refractivity contribution in [2.24, 2.45) is 0 Å². The number of esters is 1. The van der Waals surface area contributed by atoms with Crippen molar-refractivity contribution in [3.63, 3.8) is 0 Å². The van der Waals surface area contributed by atoms with Gasteiger partial charge in [0.1, 0.15) is 12.2 Å². The molecule has 15 heavy (non-hydrogen) atoms. The van der Waals surface area contributed by atoms with Crippen LogP contribution in [0.4, 0.5) is 0 Å². The molecular formula is C10H11NO4. The fraction of sp³-hybridized carbons (Fsp3) is 0.400. The summed E-state index contributed by atoms with van der Waals surface area (Å²) in [6.45, 7) is 1.14. The van der Waals surface area contributed by atoms with Gasteiger partial charge in [-0.3, -0.25) is 4.79 Å². The van der Waals surface area contributed by atoms with Gasteiger partial charge in [-0.25, -0.2) is 4.79 Å². The van der Waals surface area contributed by atoms with Crippen molar-refractivity contribution in [3.8, 4) is 0 Å². The van der Waals surface area contributed by atoms with Crippen LogP contribution < -0.4 is 5.32 Å². The highest BCUT2D eigenvalue weighted by Gasteiger charge is 2.29. The molecule has 1 aliphatic carbocycles. The van der Waals surface area contributed by atoms with Crippen molar-refractivity contribution in [1.82, 2.24) is 5.32 Å². The Balaban J connectivity index is 2.37. The average molecular weight is 209 g/mol. The van der Waals surface area contributed by atoms with Crippen LogP contribution in [0.15, 0.2) is 23.1 Å². The first kappa shape index (κ1) is 9.76. The van der Waals surface area contributed by atoms with Gasteiger partial charge in [-0.1, -0.05) is 0 Å². The summed E-state index contributed by atoms with van der Waals surface area (Å²) in [5.41, 5.74) is 0.880. The lowest BCUT2D eigenvalue weighted by molar-refractivity contribution is -0.136. The SMILES string of the molecule is COC(=O)C1=CC(=O)CC2=C1OCCN2. The third kappa shape index (κ3) is 1.72. The van der Waals surface area contributed by atoms with Gasteiger partial charge in [0.25, 0.3) is 0 Å². The molecule has 0 bridgehead atoms. The Labute approximate surface area is 86.7 Å². The largest absolute Gasteiger partial charge is 0.489 e. The van der Waals surface area contributed by atoms with E-state index in [-0.39, 0.29) is 17.8 Å². The molecule has 0 atom stereocenters. The maximum atomic E-state index is 11.4. The van der Waals surface area contributed by atoms with Crippen LogP contribution in [0.25, 0.3) is 0 Å². The van der Waals surface area contributed by atoms with Crippen LogP contribution in [-0.2, 0) is 19.1 Å². The Bertz CT molecular complexity index is 381. The van der Waals surface area contributed by atoms with Crippen molar-refractivity contribution in [1.29, 1.82) is 0 Å². The standard InChI is InChI=1S/C10H11NO4/c1-14-10(13)7-4-6(12)5-8-9(7)15-3-2-11-8/h4,11H,2-3,5H2,1H3. The fourth-order valence-corrected chi connectivity index (χ4v) is 1.62. The average Bonchev–Trinajstić information content (AvgIpc) is 2.26. The van der Waals surface area contributed by atoms with E-state index in [0.29, 0.717) is 24.6 Å². The number of rotatable bonds is 1. The van der Waals surface area contributed by atoms with Gasteiger partial charge in [-0.2, -0.15) is 0 Å². The molecule has 0 aromatic heterocycles. The number of hydrogen-bond acceptors (Lipinski definition) is 5. The van der Waals surface area contributed by atoms with Gasteiger partial charge in [-0.05, 0) is 6.08 Å². The highest BCUT2D eigenvalue weighted by Crippen LogP contribution is 2.25. The summed E-state index contributed by atoms with van der Waals surface area (Å²) >= 11 is 0. The van der Waals surface area contributed by atoms with Crippen LogP contribution in [0.2, 0.25) is 0 Å². The summed E-state index contributed by atoms with van der Waals surface area (Å²) in [4.78, 5) is 22.7. The first-order valence-corrected chi connectivity index (χ1v) is 4.65. The molecule has 1 heterocycles. The van der Waals surface area contributed by atoms with Gasteiger partial charge in [0, 0.05) is 6.54 Å². The van der Waals surface area contributed by atoms with E-state index in [0.717, 1.165) is 0 Å². The summed E-state index contributed by atoms with van der Waals surface area (Å²) in [7, 11) is 1.28. The Morgan fingerprint density at radius 2 is 2.40 bits per heavy atom. The smallest absolute Gasteiger partial charge is 0.341 e. The number of carbonyl (C=O) groups is 2. The van der Waals surface area contributed by atoms with E-state index in [1.54, 1.807) is 0 Å². The summed E-state index contributed by atoms with van der Waals surface area (Å²) in [6, 6.07) is 0. The van der Waals surface area contributed by atoms with Gasteiger partial charge < -0.3 is 14.8 Å². The van der Waals surface area contributed by atoms with E-state index in [1.165, 1.54) is 13.2 Å². The second-order valence-corrected chi connectivity index (χ2v) is 3.28. The van der Waals surface area contributed by atoms with Crippen molar-refractivity contribution in [2.45, 2.75) is 6.42 Å². The molecule has 0 spiro atoms. The Kier molecular flexibility index (Phi) is 2.45. The van der Waals surface area contributed by atoms with Crippen molar-refractivity contribution >= 4 is 11.8 Å². The van der Waals surface area contributed by atoms with Gasteiger partial charge in [0.15, 0.2) is 11.5 Å². The monoisotopic (exact) mass is 209 g/mol. The van der Waals surface area contributed by atoms with Crippen LogP contribution in [-0.4, -0.2) is 32.0 Å². The second-order valence-electron chi connectivity index (χ2n) is 3.28. The van der Waals surface area contributed by atoms with Crippen LogP contribution in [0.1, 0.15) is 6.42 Å². The predicted octanol–water partition coefficient (Wildman–Crippen LogP) is -0.110. The minimum absolute atomic E-state index is 0.118. The number of carbonyl (C=O) groups excluding carboxylic acids is 2. The lowest BCUT2D eigenvalue weighted by Crippen LogP contribution is -2.32. The third-order valence-electron chi connectivity index (χ3n) is 2.27. The van der Waals surface area contributed by atoms with Gasteiger partial charge in [0.05, 0.1) is 19.2 Å². The van der Waals surface area contributed by atoms with Crippen LogP contribution in [0, 0.1) is 0 Å². The molecule has 0 fully saturated rings. The fourth-order valence-electron chi connectivity index (χ4n) is 1.62. The number of allylic oxidation sites excluding steroid dienone is 2. The topological polar surface area (TPSA) is 64.6 Å². The zero-order chi connectivity index (χ0) is 10.8. The number of ether oxygens (including phenoxy) is 2. The zero-order valence-electron chi connectivity index (χ0n) is 8.33. The molecule has 0 radical (unpaired) electrons. The number of nitrogens with one attached hydrogen (secondary N) is 1. The van der Waals surface area contributed by atoms with E-state index in [9.17, 15) is 9.59 Å². The molecule has 5 heteroatoms. The van der Waals surface area contributed by atoms with Crippen LogP contribution in [0.5, 0.6) is 0 Å². The minimum Gasteiger partial charge on any atom is -0.489 e. The molecule has 1 N–H and O–H groups in total. The summed E-state index contributed by atoms with van der Waals surface area (Å²) in [5.74, 6) is -0.209. The van der Waals surface area contributed by atoms with E-state index in [2.05, 4.69) is 10.1 Å². The molecular weight excluding hydrogens is 198 g/mol. The molecule has 5 nitrogen and oxygen atoms in total. The molecule has 0 aromatic carbocycles. The second kappa shape index (κ2) is 3.76. The van der Waals surface area contributed by atoms with Gasteiger partial charge in [-0.15, -0.1) is 0 Å². The minimum atomic E-state index is -0.542. The normalized spacial score (nSPS) is 19.8. The van der Waals surface area contributed by atoms with Crippen molar-refractivity contribution < 1.29 is 19.1 Å². The van der Waals surface area contributed by atoms with Crippen molar-refractivity contribution in [2.75, 3.05) is 20.3 Å². The Morgan fingerprint density at radius 3 is 3.13 bits per heavy atom. The lowest BCUT2D eigenvalue weighted by Gasteiger charge is -2.25. The Morgan fingerprint density at radius 1 is 1.60 bits per heavy atom. The van der Waals surface area contributed by atoms with Gasteiger partial charge in [0.2, 0.25) is 0 Å². The highest BCUT2D eigenvalue weighted by molar-refractivity contribution is 6.05. The van der Waals surface area contributed by atoms with E-state index >= 15 is 0 Å². The van der Waals surface area contributed by atoms with Gasteiger partial charge >= 0.3 is 5.97 Å². The van der Waals surface area contributed by atoms with Crippen LogP contribution in [0.3, 0.4) is 0 Å².